The standard InChI is InChI=1S/C20H27NO2/c1-4-10-23-19-7-5-6-16(13-19)12-17(14-21)20-9-8-18(22-3)11-15(20)2/h5-9,11,13,17H,4,10,12,14,21H2,1-3H3. The van der Waals surface area contributed by atoms with Crippen molar-refractivity contribution in [1.82, 2.24) is 0 Å². The normalized spacial score (nSPS) is 12.0. The lowest BCUT2D eigenvalue weighted by molar-refractivity contribution is 0.317. The molecule has 0 radical (unpaired) electrons. The maximum atomic E-state index is 6.05. The van der Waals surface area contributed by atoms with Crippen LogP contribution >= 0.6 is 0 Å². The summed E-state index contributed by atoms with van der Waals surface area (Å²) >= 11 is 0. The van der Waals surface area contributed by atoms with Crippen LogP contribution in [0.1, 0.15) is 36.0 Å². The van der Waals surface area contributed by atoms with Gasteiger partial charge in [0.1, 0.15) is 11.5 Å². The van der Waals surface area contributed by atoms with E-state index in [-0.39, 0.29) is 0 Å². The largest absolute Gasteiger partial charge is 0.497 e. The highest BCUT2D eigenvalue weighted by Crippen LogP contribution is 2.27. The summed E-state index contributed by atoms with van der Waals surface area (Å²) in [6, 6.07) is 14.5. The van der Waals surface area contributed by atoms with Crippen molar-refractivity contribution in [2.75, 3.05) is 20.3 Å². The molecule has 0 aliphatic rings. The van der Waals surface area contributed by atoms with Crippen molar-refractivity contribution in [1.29, 1.82) is 0 Å². The van der Waals surface area contributed by atoms with Gasteiger partial charge >= 0.3 is 0 Å². The van der Waals surface area contributed by atoms with Crippen LogP contribution in [-0.2, 0) is 6.42 Å². The van der Waals surface area contributed by atoms with Crippen molar-refractivity contribution >= 4 is 0 Å². The molecule has 0 saturated carbocycles. The third kappa shape index (κ3) is 4.73. The third-order valence-electron chi connectivity index (χ3n) is 4.05. The molecule has 0 spiro atoms. The first-order chi connectivity index (χ1) is 11.2. The van der Waals surface area contributed by atoms with Crippen molar-refractivity contribution in [2.45, 2.75) is 32.6 Å². The molecule has 2 N–H and O–H groups in total. The van der Waals surface area contributed by atoms with Crippen molar-refractivity contribution < 1.29 is 9.47 Å². The Morgan fingerprint density at radius 2 is 1.91 bits per heavy atom. The maximum Gasteiger partial charge on any atom is 0.119 e. The molecular weight excluding hydrogens is 286 g/mol. The van der Waals surface area contributed by atoms with Crippen LogP contribution in [0.15, 0.2) is 42.5 Å². The summed E-state index contributed by atoms with van der Waals surface area (Å²) in [6.45, 7) is 5.59. The fourth-order valence-electron chi connectivity index (χ4n) is 2.82. The summed E-state index contributed by atoms with van der Waals surface area (Å²) in [5.74, 6) is 2.12. The number of ether oxygens (including phenoxy) is 2. The molecule has 0 amide bonds. The molecule has 3 nitrogen and oxygen atoms in total. The molecular formula is C20H27NO2. The molecule has 2 rings (SSSR count). The predicted molar refractivity (Wildman–Crippen MR) is 95.5 cm³/mol. The van der Waals surface area contributed by atoms with Gasteiger partial charge in [-0.25, -0.2) is 0 Å². The summed E-state index contributed by atoms with van der Waals surface area (Å²) in [5, 5.41) is 0. The van der Waals surface area contributed by atoms with E-state index in [1.54, 1.807) is 7.11 Å². The Morgan fingerprint density at radius 1 is 1.09 bits per heavy atom. The Kier molecular flexibility index (Phi) is 6.48. The summed E-state index contributed by atoms with van der Waals surface area (Å²) in [4.78, 5) is 0. The van der Waals surface area contributed by atoms with Gasteiger partial charge in [-0.3, -0.25) is 0 Å². The third-order valence-corrected chi connectivity index (χ3v) is 4.05. The second-order valence-corrected chi connectivity index (χ2v) is 5.86. The average molecular weight is 313 g/mol. The first kappa shape index (κ1) is 17.4. The van der Waals surface area contributed by atoms with Crippen LogP contribution in [0, 0.1) is 6.92 Å². The van der Waals surface area contributed by atoms with Gasteiger partial charge in [-0.05, 0) is 67.3 Å². The number of hydrogen-bond donors (Lipinski definition) is 1. The lowest BCUT2D eigenvalue weighted by Crippen LogP contribution is -2.16. The van der Waals surface area contributed by atoms with Gasteiger partial charge in [-0.15, -0.1) is 0 Å². The predicted octanol–water partition coefficient (Wildman–Crippen LogP) is 4.08. The summed E-state index contributed by atoms with van der Waals surface area (Å²) in [6.07, 6.45) is 1.92. The Hall–Kier alpha value is -2.00. The molecule has 2 aromatic carbocycles. The van der Waals surface area contributed by atoms with Gasteiger partial charge < -0.3 is 15.2 Å². The quantitative estimate of drug-likeness (QED) is 0.798. The van der Waals surface area contributed by atoms with Crippen LogP contribution in [0.4, 0.5) is 0 Å². The SMILES string of the molecule is CCCOc1cccc(CC(CN)c2ccc(OC)cc2C)c1. The minimum atomic E-state index is 0.294. The van der Waals surface area contributed by atoms with Crippen LogP contribution in [0.5, 0.6) is 11.5 Å². The first-order valence-corrected chi connectivity index (χ1v) is 8.24. The maximum absolute atomic E-state index is 6.05. The minimum absolute atomic E-state index is 0.294. The highest BCUT2D eigenvalue weighted by Gasteiger charge is 2.14. The average Bonchev–Trinajstić information content (AvgIpc) is 2.58. The minimum Gasteiger partial charge on any atom is -0.497 e. The topological polar surface area (TPSA) is 44.5 Å². The molecule has 0 aromatic heterocycles. The molecule has 0 saturated heterocycles. The van der Waals surface area contributed by atoms with Crippen molar-refractivity contribution in [3.63, 3.8) is 0 Å². The molecule has 0 aliphatic carbocycles. The highest BCUT2D eigenvalue weighted by atomic mass is 16.5. The monoisotopic (exact) mass is 313 g/mol. The second-order valence-electron chi connectivity index (χ2n) is 5.86. The van der Waals surface area contributed by atoms with Gasteiger partial charge in [0.2, 0.25) is 0 Å². The zero-order valence-electron chi connectivity index (χ0n) is 14.3. The van der Waals surface area contributed by atoms with Crippen LogP contribution < -0.4 is 15.2 Å². The fraction of sp³-hybridized carbons (Fsp3) is 0.400. The van der Waals surface area contributed by atoms with E-state index in [1.165, 1.54) is 16.7 Å². The van der Waals surface area contributed by atoms with Crippen LogP contribution in [-0.4, -0.2) is 20.3 Å². The second kappa shape index (κ2) is 8.59. The van der Waals surface area contributed by atoms with Crippen LogP contribution in [0.3, 0.4) is 0 Å². The van der Waals surface area contributed by atoms with Crippen LogP contribution in [0.2, 0.25) is 0 Å². The molecule has 3 heteroatoms. The number of hydrogen-bond acceptors (Lipinski definition) is 3. The number of benzene rings is 2. The van der Waals surface area contributed by atoms with E-state index in [1.807, 2.05) is 12.1 Å². The van der Waals surface area contributed by atoms with E-state index in [2.05, 4.69) is 44.2 Å². The van der Waals surface area contributed by atoms with Crippen molar-refractivity contribution in [2.24, 2.45) is 5.73 Å². The molecule has 0 fully saturated rings. The van der Waals surface area contributed by atoms with Crippen molar-refractivity contribution in [3.8, 4) is 11.5 Å². The molecule has 1 atom stereocenters. The lowest BCUT2D eigenvalue weighted by atomic mass is 9.89. The number of nitrogens with two attached hydrogens (primary N) is 1. The first-order valence-electron chi connectivity index (χ1n) is 8.24. The zero-order chi connectivity index (χ0) is 16.7. The molecule has 2 aromatic rings. The van der Waals surface area contributed by atoms with E-state index >= 15 is 0 Å². The van der Waals surface area contributed by atoms with E-state index in [4.69, 9.17) is 15.2 Å². The van der Waals surface area contributed by atoms with E-state index in [9.17, 15) is 0 Å². The van der Waals surface area contributed by atoms with Crippen molar-refractivity contribution in [3.05, 3.63) is 59.2 Å². The molecule has 124 valence electrons. The smallest absolute Gasteiger partial charge is 0.119 e. The van der Waals surface area contributed by atoms with Gasteiger partial charge in [0, 0.05) is 5.92 Å². The summed E-state index contributed by atoms with van der Waals surface area (Å²) in [5.41, 5.74) is 9.81. The zero-order valence-corrected chi connectivity index (χ0v) is 14.3. The highest BCUT2D eigenvalue weighted by molar-refractivity contribution is 5.38. The van der Waals surface area contributed by atoms with E-state index < -0.39 is 0 Å². The number of methoxy groups -OCH3 is 1. The Balaban J connectivity index is 2.16. The summed E-state index contributed by atoms with van der Waals surface area (Å²) < 4.78 is 11.0. The number of aryl methyl sites for hydroxylation is 1. The van der Waals surface area contributed by atoms with E-state index in [0.717, 1.165) is 30.9 Å². The fourth-order valence-corrected chi connectivity index (χ4v) is 2.82. The van der Waals surface area contributed by atoms with Gasteiger partial charge in [-0.1, -0.05) is 25.1 Å². The van der Waals surface area contributed by atoms with E-state index in [0.29, 0.717) is 12.5 Å². The molecule has 1 unspecified atom stereocenters. The number of rotatable bonds is 8. The molecule has 0 heterocycles. The Labute approximate surface area is 139 Å². The van der Waals surface area contributed by atoms with Gasteiger partial charge in [0.15, 0.2) is 0 Å². The lowest BCUT2D eigenvalue weighted by Gasteiger charge is -2.19. The summed E-state index contributed by atoms with van der Waals surface area (Å²) in [7, 11) is 1.69. The molecule has 0 aliphatic heterocycles. The van der Waals surface area contributed by atoms with Crippen LogP contribution in [0.25, 0.3) is 0 Å². The van der Waals surface area contributed by atoms with Gasteiger partial charge in [0.25, 0.3) is 0 Å². The van der Waals surface area contributed by atoms with Gasteiger partial charge in [0.05, 0.1) is 13.7 Å². The molecule has 0 bridgehead atoms. The Morgan fingerprint density at radius 3 is 2.57 bits per heavy atom. The Bertz CT molecular complexity index is 625. The molecule has 23 heavy (non-hydrogen) atoms. The van der Waals surface area contributed by atoms with Gasteiger partial charge in [-0.2, -0.15) is 0 Å².